The van der Waals surface area contributed by atoms with Crippen molar-refractivity contribution in [1.29, 1.82) is 0 Å². The van der Waals surface area contributed by atoms with Crippen LogP contribution in [0.25, 0.3) is 0 Å². The van der Waals surface area contributed by atoms with Gasteiger partial charge in [-0.2, -0.15) is 0 Å². The van der Waals surface area contributed by atoms with Crippen molar-refractivity contribution in [2.24, 2.45) is 0 Å². The maximum absolute atomic E-state index is 12.7. The van der Waals surface area contributed by atoms with Gasteiger partial charge in [0.2, 0.25) is 5.91 Å². The molecule has 2 rings (SSSR count). The highest BCUT2D eigenvalue weighted by atomic mass is 79.9. The Hall–Kier alpha value is -1.60. The topological polar surface area (TPSA) is 84.7 Å². The lowest BCUT2D eigenvalue weighted by molar-refractivity contribution is -0.130. The third-order valence-corrected chi connectivity index (χ3v) is 3.78. The molecule has 1 aliphatic rings. The second-order valence-corrected chi connectivity index (χ2v) is 5.63. The maximum atomic E-state index is 12.7. The molecule has 0 radical (unpaired) electrons. The molecule has 1 atom stereocenters. The van der Waals surface area contributed by atoms with E-state index in [-0.39, 0.29) is 18.4 Å². The minimum absolute atomic E-state index is 0.200. The number of halogens is 1. The molecule has 6 nitrogen and oxygen atoms in total. The van der Waals surface area contributed by atoms with E-state index >= 15 is 0 Å². The Kier molecular flexibility index (Phi) is 5.19. The van der Waals surface area contributed by atoms with Crippen LogP contribution in [-0.4, -0.2) is 49.1 Å². The normalized spacial score (nSPS) is 18.4. The molecular weight excluding hydrogens is 338 g/mol. The van der Waals surface area contributed by atoms with Gasteiger partial charge in [-0.05, 0) is 25.1 Å². The van der Waals surface area contributed by atoms with Crippen molar-refractivity contribution >= 4 is 33.4 Å². The van der Waals surface area contributed by atoms with Gasteiger partial charge >= 0.3 is 0 Å². The van der Waals surface area contributed by atoms with Gasteiger partial charge < -0.3 is 20.7 Å². The van der Waals surface area contributed by atoms with Crippen molar-refractivity contribution in [2.75, 3.05) is 32.0 Å². The zero-order valence-electron chi connectivity index (χ0n) is 11.8. The summed E-state index contributed by atoms with van der Waals surface area (Å²) in [5.41, 5.74) is 6.66. The highest BCUT2D eigenvalue weighted by Gasteiger charge is 2.33. The minimum atomic E-state index is -0.621. The second kappa shape index (κ2) is 6.91. The summed E-state index contributed by atoms with van der Waals surface area (Å²) in [6, 6.07) is 4.48. The molecule has 1 heterocycles. The predicted molar refractivity (Wildman–Crippen MR) is 82.9 cm³/mol. The Balaban J connectivity index is 2.26. The first-order chi connectivity index (χ1) is 10.0. The van der Waals surface area contributed by atoms with Gasteiger partial charge in [-0.3, -0.25) is 9.59 Å². The summed E-state index contributed by atoms with van der Waals surface area (Å²) in [6.07, 6.45) is 0. The largest absolute Gasteiger partial charge is 0.398 e. The number of morpholine rings is 1. The van der Waals surface area contributed by atoms with Gasteiger partial charge in [0.1, 0.15) is 6.04 Å². The van der Waals surface area contributed by atoms with Gasteiger partial charge in [-0.1, -0.05) is 15.9 Å². The van der Waals surface area contributed by atoms with E-state index in [1.807, 2.05) is 6.92 Å². The van der Waals surface area contributed by atoms with E-state index < -0.39 is 6.04 Å². The lowest BCUT2D eigenvalue weighted by Gasteiger charge is -2.34. The summed E-state index contributed by atoms with van der Waals surface area (Å²) >= 11 is 3.33. The molecule has 114 valence electrons. The molecule has 3 N–H and O–H groups in total. The van der Waals surface area contributed by atoms with Crippen molar-refractivity contribution in [1.82, 2.24) is 10.2 Å². The maximum Gasteiger partial charge on any atom is 0.256 e. The van der Waals surface area contributed by atoms with Crippen molar-refractivity contribution in [3.05, 3.63) is 28.2 Å². The number of hydrogen-bond donors (Lipinski definition) is 2. The first kappa shape index (κ1) is 15.8. The lowest BCUT2D eigenvalue weighted by Crippen LogP contribution is -2.55. The van der Waals surface area contributed by atoms with Crippen LogP contribution in [0.1, 0.15) is 17.3 Å². The summed E-state index contributed by atoms with van der Waals surface area (Å²) in [6.45, 7) is 3.32. The van der Waals surface area contributed by atoms with E-state index in [1.165, 1.54) is 4.90 Å². The average Bonchev–Trinajstić information content (AvgIpc) is 2.49. The van der Waals surface area contributed by atoms with Crippen LogP contribution in [0.2, 0.25) is 0 Å². The monoisotopic (exact) mass is 355 g/mol. The van der Waals surface area contributed by atoms with Crippen molar-refractivity contribution in [2.45, 2.75) is 13.0 Å². The SMILES string of the molecule is CCNC(=O)C1COCCN1C(=O)c1cc(Br)ccc1N. The zero-order chi connectivity index (χ0) is 15.4. The number of nitrogens with zero attached hydrogens (tertiary/aromatic N) is 1. The number of ether oxygens (including phenoxy) is 1. The fourth-order valence-electron chi connectivity index (χ4n) is 2.22. The molecule has 7 heteroatoms. The van der Waals surface area contributed by atoms with E-state index in [4.69, 9.17) is 10.5 Å². The quantitative estimate of drug-likeness (QED) is 0.792. The lowest BCUT2D eigenvalue weighted by atomic mass is 10.1. The van der Waals surface area contributed by atoms with Crippen LogP contribution in [-0.2, 0) is 9.53 Å². The smallest absolute Gasteiger partial charge is 0.256 e. The second-order valence-electron chi connectivity index (χ2n) is 4.72. The van der Waals surface area contributed by atoms with Crippen molar-refractivity contribution in [3.8, 4) is 0 Å². The Morgan fingerprint density at radius 2 is 2.29 bits per heavy atom. The summed E-state index contributed by atoms with van der Waals surface area (Å²) in [5, 5.41) is 2.72. The van der Waals surface area contributed by atoms with Crippen LogP contribution < -0.4 is 11.1 Å². The van der Waals surface area contributed by atoms with Gasteiger partial charge in [0.25, 0.3) is 5.91 Å². The number of nitrogen functional groups attached to an aromatic ring is 1. The molecule has 1 aromatic rings. The van der Waals surface area contributed by atoms with Gasteiger partial charge in [0, 0.05) is 23.2 Å². The van der Waals surface area contributed by atoms with E-state index in [0.29, 0.717) is 30.9 Å². The van der Waals surface area contributed by atoms with E-state index in [2.05, 4.69) is 21.2 Å². The van der Waals surface area contributed by atoms with Gasteiger partial charge in [0.05, 0.1) is 18.8 Å². The number of carbonyl (C=O) groups excluding carboxylic acids is 2. The van der Waals surface area contributed by atoms with Crippen LogP contribution >= 0.6 is 15.9 Å². The predicted octanol–water partition coefficient (Wildman–Crippen LogP) is 1.01. The third kappa shape index (κ3) is 3.54. The fourth-order valence-corrected chi connectivity index (χ4v) is 2.59. The zero-order valence-corrected chi connectivity index (χ0v) is 13.4. The van der Waals surface area contributed by atoms with Gasteiger partial charge in [-0.15, -0.1) is 0 Å². The molecule has 2 amide bonds. The molecule has 0 aromatic heterocycles. The Bertz CT molecular complexity index is 550. The highest BCUT2D eigenvalue weighted by Crippen LogP contribution is 2.22. The summed E-state index contributed by atoms with van der Waals surface area (Å²) in [7, 11) is 0. The van der Waals surface area contributed by atoms with Crippen LogP contribution in [0.5, 0.6) is 0 Å². The van der Waals surface area contributed by atoms with Crippen LogP contribution in [0.15, 0.2) is 22.7 Å². The summed E-state index contributed by atoms with van der Waals surface area (Å²) in [4.78, 5) is 26.3. The molecule has 1 unspecified atom stereocenters. The van der Waals surface area contributed by atoms with Crippen LogP contribution in [0.3, 0.4) is 0 Å². The molecule has 0 spiro atoms. The number of anilines is 1. The number of rotatable bonds is 3. The Labute approximate surface area is 131 Å². The van der Waals surface area contributed by atoms with Gasteiger partial charge in [-0.25, -0.2) is 0 Å². The van der Waals surface area contributed by atoms with E-state index in [0.717, 1.165) is 4.47 Å². The highest BCUT2D eigenvalue weighted by molar-refractivity contribution is 9.10. The van der Waals surface area contributed by atoms with Gasteiger partial charge in [0.15, 0.2) is 0 Å². The summed E-state index contributed by atoms with van der Waals surface area (Å²) in [5.74, 6) is -0.465. The molecule has 1 aromatic carbocycles. The molecule has 1 aliphatic heterocycles. The molecular formula is C14H18BrN3O3. The number of likely N-dealkylation sites (N-methyl/N-ethyl adjacent to an activating group) is 1. The van der Waals surface area contributed by atoms with E-state index in [9.17, 15) is 9.59 Å². The first-order valence-corrected chi connectivity index (χ1v) is 7.55. The number of nitrogens with one attached hydrogen (secondary N) is 1. The number of hydrogen-bond acceptors (Lipinski definition) is 4. The van der Waals surface area contributed by atoms with Crippen LogP contribution in [0, 0.1) is 0 Å². The van der Waals surface area contributed by atoms with Crippen molar-refractivity contribution < 1.29 is 14.3 Å². The molecule has 1 fully saturated rings. The number of nitrogens with two attached hydrogens (primary N) is 1. The number of benzene rings is 1. The van der Waals surface area contributed by atoms with Crippen molar-refractivity contribution in [3.63, 3.8) is 0 Å². The molecule has 0 bridgehead atoms. The minimum Gasteiger partial charge on any atom is -0.398 e. The fraction of sp³-hybridized carbons (Fsp3) is 0.429. The standard InChI is InChI=1S/C14H18BrN3O3/c1-2-17-13(19)12-8-21-6-5-18(12)14(20)10-7-9(15)3-4-11(10)16/h3-4,7,12H,2,5-6,8,16H2,1H3,(H,17,19). The van der Waals surface area contributed by atoms with E-state index in [1.54, 1.807) is 18.2 Å². The summed E-state index contributed by atoms with van der Waals surface area (Å²) < 4.78 is 6.09. The molecule has 21 heavy (non-hydrogen) atoms. The van der Waals surface area contributed by atoms with Crippen LogP contribution in [0.4, 0.5) is 5.69 Å². The molecule has 0 saturated carbocycles. The molecule has 1 saturated heterocycles. The Morgan fingerprint density at radius 3 is 3.00 bits per heavy atom. The Morgan fingerprint density at radius 1 is 1.52 bits per heavy atom. The number of carbonyl (C=O) groups is 2. The number of amides is 2. The first-order valence-electron chi connectivity index (χ1n) is 6.76. The molecule has 0 aliphatic carbocycles. The third-order valence-electron chi connectivity index (χ3n) is 3.29. The average molecular weight is 356 g/mol.